The molecular formula is C20H21N5O2S. The fraction of sp³-hybridized carbons (Fsp3) is 0.200. The number of aryl methyl sites for hydroxylation is 1. The van der Waals surface area contributed by atoms with Crippen LogP contribution in [0.15, 0.2) is 59.8 Å². The third kappa shape index (κ3) is 4.40. The Labute approximate surface area is 167 Å². The first-order chi connectivity index (χ1) is 13.5. The second-order valence-electron chi connectivity index (χ2n) is 6.21. The SMILES string of the molecule is CNC(=O)NC(=O)[C@@H](Sc1nnc(-c2cccc(C)c2)n1C)c1ccccc1. The molecule has 28 heavy (non-hydrogen) atoms. The van der Waals surface area contributed by atoms with Crippen LogP contribution in [0.4, 0.5) is 4.79 Å². The molecule has 8 heteroatoms. The van der Waals surface area contributed by atoms with Crippen molar-refractivity contribution in [2.75, 3.05) is 7.05 Å². The van der Waals surface area contributed by atoms with Gasteiger partial charge in [-0.05, 0) is 18.6 Å². The Bertz CT molecular complexity index is 987. The lowest BCUT2D eigenvalue weighted by molar-refractivity contribution is -0.119. The summed E-state index contributed by atoms with van der Waals surface area (Å²) < 4.78 is 1.85. The number of nitrogens with one attached hydrogen (secondary N) is 2. The molecule has 0 fully saturated rings. The summed E-state index contributed by atoms with van der Waals surface area (Å²) in [5.41, 5.74) is 2.85. The minimum Gasteiger partial charge on any atom is -0.341 e. The van der Waals surface area contributed by atoms with E-state index < -0.39 is 17.2 Å². The molecule has 2 aromatic carbocycles. The molecule has 0 aliphatic heterocycles. The molecule has 0 aliphatic carbocycles. The molecule has 3 rings (SSSR count). The minimum absolute atomic E-state index is 0.421. The Balaban J connectivity index is 1.91. The van der Waals surface area contributed by atoms with Crippen LogP contribution >= 0.6 is 11.8 Å². The van der Waals surface area contributed by atoms with Gasteiger partial charge < -0.3 is 9.88 Å². The zero-order chi connectivity index (χ0) is 20.1. The lowest BCUT2D eigenvalue weighted by atomic mass is 10.1. The van der Waals surface area contributed by atoms with E-state index in [1.807, 2.05) is 73.1 Å². The van der Waals surface area contributed by atoms with E-state index in [0.717, 1.165) is 16.7 Å². The molecule has 0 spiro atoms. The van der Waals surface area contributed by atoms with Crippen LogP contribution in [0.3, 0.4) is 0 Å². The number of rotatable bonds is 5. The van der Waals surface area contributed by atoms with Crippen LogP contribution in [0.2, 0.25) is 0 Å². The number of aromatic nitrogens is 3. The monoisotopic (exact) mass is 395 g/mol. The first-order valence-corrected chi connectivity index (χ1v) is 9.58. The second-order valence-corrected chi connectivity index (χ2v) is 7.28. The summed E-state index contributed by atoms with van der Waals surface area (Å²) in [5.74, 6) is 0.292. The second kappa shape index (κ2) is 8.71. The molecule has 0 bridgehead atoms. The van der Waals surface area contributed by atoms with E-state index in [9.17, 15) is 9.59 Å². The smallest absolute Gasteiger partial charge is 0.321 e. The maximum Gasteiger partial charge on any atom is 0.321 e. The molecule has 0 radical (unpaired) electrons. The van der Waals surface area contributed by atoms with Gasteiger partial charge in [0.15, 0.2) is 11.0 Å². The van der Waals surface area contributed by atoms with Crippen molar-refractivity contribution in [2.24, 2.45) is 7.05 Å². The van der Waals surface area contributed by atoms with Gasteiger partial charge in [0.1, 0.15) is 5.25 Å². The van der Waals surface area contributed by atoms with Crippen molar-refractivity contribution in [1.29, 1.82) is 0 Å². The van der Waals surface area contributed by atoms with Gasteiger partial charge in [-0.15, -0.1) is 10.2 Å². The van der Waals surface area contributed by atoms with Gasteiger partial charge in [0.25, 0.3) is 0 Å². The fourth-order valence-electron chi connectivity index (χ4n) is 2.70. The third-order valence-corrected chi connectivity index (χ3v) is 5.43. The number of thioether (sulfide) groups is 1. The molecule has 1 atom stereocenters. The molecule has 0 saturated carbocycles. The van der Waals surface area contributed by atoms with Crippen LogP contribution in [0.5, 0.6) is 0 Å². The molecule has 0 unspecified atom stereocenters. The minimum atomic E-state index is -0.647. The summed E-state index contributed by atoms with van der Waals surface area (Å²) in [6.07, 6.45) is 0. The fourth-order valence-corrected chi connectivity index (χ4v) is 3.70. The first kappa shape index (κ1) is 19.6. The van der Waals surface area contributed by atoms with E-state index in [2.05, 4.69) is 20.8 Å². The van der Waals surface area contributed by atoms with E-state index in [1.54, 1.807) is 0 Å². The van der Waals surface area contributed by atoms with E-state index in [4.69, 9.17) is 0 Å². The largest absolute Gasteiger partial charge is 0.341 e. The van der Waals surface area contributed by atoms with E-state index in [-0.39, 0.29) is 0 Å². The van der Waals surface area contributed by atoms with Crippen molar-refractivity contribution in [1.82, 2.24) is 25.4 Å². The van der Waals surface area contributed by atoms with Crippen molar-refractivity contribution in [2.45, 2.75) is 17.3 Å². The van der Waals surface area contributed by atoms with Gasteiger partial charge in [-0.2, -0.15) is 0 Å². The van der Waals surface area contributed by atoms with E-state index >= 15 is 0 Å². The van der Waals surface area contributed by atoms with Gasteiger partial charge in [0.2, 0.25) is 5.91 Å². The highest BCUT2D eigenvalue weighted by molar-refractivity contribution is 8.00. The van der Waals surface area contributed by atoms with Gasteiger partial charge in [0.05, 0.1) is 0 Å². The molecule has 0 saturated heterocycles. The van der Waals surface area contributed by atoms with Crippen LogP contribution in [0.1, 0.15) is 16.4 Å². The van der Waals surface area contributed by atoms with Gasteiger partial charge >= 0.3 is 6.03 Å². The number of nitrogens with zero attached hydrogens (tertiary/aromatic N) is 3. The van der Waals surface area contributed by atoms with Gasteiger partial charge in [-0.1, -0.05) is 65.9 Å². The van der Waals surface area contributed by atoms with E-state index in [1.165, 1.54) is 18.8 Å². The number of amides is 3. The molecule has 0 aliphatic rings. The van der Waals surface area contributed by atoms with Crippen LogP contribution in [0, 0.1) is 6.92 Å². The lowest BCUT2D eigenvalue weighted by Crippen LogP contribution is -2.39. The highest BCUT2D eigenvalue weighted by Gasteiger charge is 2.26. The molecule has 3 aromatic rings. The average Bonchev–Trinajstić information content (AvgIpc) is 3.06. The topological polar surface area (TPSA) is 88.9 Å². The van der Waals surface area contributed by atoms with Crippen LogP contribution < -0.4 is 10.6 Å². The highest BCUT2D eigenvalue weighted by atomic mass is 32.2. The Morgan fingerprint density at radius 1 is 1.07 bits per heavy atom. The lowest BCUT2D eigenvalue weighted by Gasteiger charge is -2.16. The maximum atomic E-state index is 12.7. The number of urea groups is 1. The normalized spacial score (nSPS) is 11.7. The molecule has 7 nitrogen and oxygen atoms in total. The molecule has 2 N–H and O–H groups in total. The van der Waals surface area contributed by atoms with Crippen molar-refractivity contribution in [3.05, 3.63) is 65.7 Å². The zero-order valence-corrected chi connectivity index (χ0v) is 16.7. The maximum absolute atomic E-state index is 12.7. The van der Waals surface area contributed by atoms with Crippen molar-refractivity contribution in [3.8, 4) is 11.4 Å². The number of hydrogen-bond donors (Lipinski definition) is 2. The predicted molar refractivity (Wildman–Crippen MR) is 109 cm³/mol. The molecule has 3 amide bonds. The molecular weight excluding hydrogens is 374 g/mol. The quantitative estimate of drug-likeness (QED) is 0.648. The standard InChI is InChI=1S/C20H21N5O2S/c1-13-8-7-11-15(12-13)17-23-24-20(25(17)3)28-16(14-9-5-4-6-10-14)18(26)22-19(27)21-2/h4-12,16H,1-3H3,(H2,21,22,26,27)/t16-/m0/s1. The van der Waals surface area contributed by atoms with Crippen LogP contribution in [0.25, 0.3) is 11.4 Å². The number of carbonyl (C=O) groups is 2. The van der Waals surface area contributed by atoms with Crippen molar-refractivity contribution < 1.29 is 9.59 Å². The number of imide groups is 1. The Kier molecular flexibility index (Phi) is 6.10. The summed E-state index contributed by atoms with van der Waals surface area (Å²) in [5, 5.41) is 13.2. The van der Waals surface area contributed by atoms with Crippen LogP contribution in [-0.4, -0.2) is 33.8 Å². The van der Waals surface area contributed by atoms with Crippen molar-refractivity contribution >= 4 is 23.7 Å². The third-order valence-electron chi connectivity index (χ3n) is 4.14. The predicted octanol–water partition coefficient (Wildman–Crippen LogP) is 3.08. The summed E-state index contributed by atoms with van der Waals surface area (Å²) >= 11 is 1.25. The molecule has 144 valence electrons. The summed E-state index contributed by atoms with van der Waals surface area (Å²) in [6.45, 7) is 2.02. The van der Waals surface area contributed by atoms with Gasteiger partial charge in [-0.3, -0.25) is 10.1 Å². The number of carbonyl (C=O) groups excluding carboxylic acids is 2. The summed E-state index contributed by atoms with van der Waals surface area (Å²) in [7, 11) is 3.32. The average molecular weight is 395 g/mol. The Hall–Kier alpha value is -3.13. The highest BCUT2D eigenvalue weighted by Crippen LogP contribution is 2.35. The Morgan fingerprint density at radius 2 is 1.82 bits per heavy atom. The number of benzene rings is 2. The number of hydrogen-bond acceptors (Lipinski definition) is 5. The summed E-state index contributed by atoms with van der Waals surface area (Å²) in [4.78, 5) is 24.3. The molecule has 1 heterocycles. The van der Waals surface area contributed by atoms with Crippen LogP contribution in [-0.2, 0) is 11.8 Å². The van der Waals surface area contributed by atoms with Crippen molar-refractivity contribution in [3.63, 3.8) is 0 Å². The van der Waals surface area contributed by atoms with Gasteiger partial charge in [0, 0.05) is 19.7 Å². The Morgan fingerprint density at radius 3 is 2.50 bits per heavy atom. The first-order valence-electron chi connectivity index (χ1n) is 8.70. The molecule has 1 aromatic heterocycles. The zero-order valence-electron chi connectivity index (χ0n) is 15.8. The van der Waals surface area contributed by atoms with Gasteiger partial charge in [-0.25, -0.2) is 4.79 Å². The van der Waals surface area contributed by atoms with E-state index in [0.29, 0.717) is 11.0 Å². The summed E-state index contributed by atoms with van der Waals surface area (Å²) in [6, 6.07) is 16.7.